The minimum absolute atomic E-state index is 0.0631. The monoisotopic (exact) mass is 436 g/mol. The van der Waals surface area contributed by atoms with Gasteiger partial charge < -0.3 is 4.90 Å². The lowest BCUT2D eigenvalue weighted by Gasteiger charge is -2.36. The van der Waals surface area contributed by atoms with Crippen molar-refractivity contribution in [1.82, 2.24) is 29.7 Å². The number of aromatic amines is 1. The molecule has 1 aliphatic rings. The average Bonchev–Trinajstić information content (AvgIpc) is 3.37. The number of benzene rings is 1. The van der Waals surface area contributed by atoms with Crippen LogP contribution in [0.2, 0.25) is 0 Å². The van der Waals surface area contributed by atoms with E-state index < -0.39 is 0 Å². The Bertz CT molecular complexity index is 1180. The zero-order valence-corrected chi connectivity index (χ0v) is 16.7. The van der Waals surface area contributed by atoms with Crippen molar-refractivity contribution in [2.75, 3.05) is 6.54 Å². The molecule has 0 saturated carbocycles. The fourth-order valence-corrected chi connectivity index (χ4v) is 4.24. The van der Waals surface area contributed by atoms with Crippen molar-refractivity contribution in [3.63, 3.8) is 0 Å². The number of nitrogens with zero attached hydrogens (tertiary/aromatic N) is 5. The van der Waals surface area contributed by atoms with Crippen molar-refractivity contribution in [2.45, 2.75) is 19.4 Å². The Morgan fingerprint density at radius 3 is 3.04 bits per heavy atom. The van der Waals surface area contributed by atoms with Gasteiger partial charge in [0.2, 0.25) is 0 Å². The number of rotatable bonds is 2. The minimum atomic E-state index is -0.0817. The van der Waals surface area contributed by atoms with Crippen molar-refractivity contribution in [3.8, 4) is 11.1 Å². The summed E-state index contributed by atoms with van der Waals surface area (Å²) in [6.45, 7) is 2.73. The Kier molecular flexibility index (Phi) is 4.01. The Labute approximate surface area is 169 Å². The molecule has 8 heteroatoms. The SMILES string of the molecule is CC1c2c(cccc2-c2cn[nH]c2)CCN1C(=O)c1cc2ncc(Br)cn2n1. The molecule has 1 aromatic carbocycles. The molecule has 1 N–H and O–H groups in total. The first-order valence-corrected chi connectivity index (χ1v) is 9.84. The molecule has 0 spiro atoms. The van der Waals surface area contributed by atoms with E-state index >= 15 is 0 Å². The summed E-state index contributed by atoms with van der Waals surface area (Å²) in [5.74, 6) is -0.0817. The second-order valence-electron chi connectivity index (χ2n) is 6.89. The summed E-state index contributed by atoms with van der Waals surface area (Å²) >= 11 is 3.38. The lowest BCUT2D eigenvalue weighted by molar-refractivity contribution is 0.0672. The molecule has 1 unspecified atom stereocenters. The molecule has 7 nitrogen and oxygen atoms in total. The summed E-state index contributed by atoms with van der Waals surface area (Å²) in [4.78, 5) is 19.5. The average molecular weight is 437 g/mol. The number of halogens is 1. The molecule has 0 fully saturated rings. The highest BCUT2D eigenvalue weighted by atomic mass is 79.9. The standard InChI is InChI=1S/C20H17BrN6O/c1-12-19-13(3-2-4-16(19)14-8-23-24-9-14)5-6-26(12)20(28)17-7-18-22-10-15(21)11-27(18)25-17/h2-4,7-12H,5-6H2,1H3,(H,23,24). The van der Waals surface area contributed by atoms with Crippen LogP contribution in [0.15, 0.2) is 53.5 Å². The summed E-state index contributed by atoms with van der Waals surface area (Å²) in [6.07, 6.45) is 8.00. The molecule has 0 saturated heterocycles. The summed E-state index contributed by atoms with van der Waals surface area (Å²) in [5.41, 5.74) is 5.64. The first kappa shape index (κ1) is 17.1. The van der Waals surface area contributed by atoms with Crippen LogP contribution in [0, 0.1) is 0 Å². The number of fused-ring (bicyclic) bond motifs is 2. The number of carbonyl (C=O) groups excluding carboxylic acids is 1. The van der Waals surface area contributed by atoms with Gasteiger partial charge in [0, 0.05) is 36.8 Å². The van der Waals surface area contributed by atoms with Crippen LogP contribution in [-0.2, 0) is 6.42 Å². The molecule has 1 amide bonds. The highest BCUT2D eigenvalue weighted by Crippen LogP contribution is 2.37. The predicted octanol–water partition coefficient (Wildman–Crippen LogP) is 3.64. The van der Waals surface area contributed by atoms with Crippen molar-refractivity contribution < 1.29 is 4.79 Å². The van der Waals surface area contributed by atoms with Gasteiger partial charge in [-0.25, -0.2) is 9.50 Å². The molecule has 1 atom stereocenters. The molecule has 140 valence electrons. The Morgan fingerprint density at radius 2 is 2.21 bits per heavy atom. The summed E-state index contributed by atoms with van der Waals surface area (Å²) in [5, 5.41) is 11.4. The third-order valence-corrected chi connectivity index (χ3v) is 5.68. The fraction of sp³-hybridized carbons (Fsp3) is 0.200. The van der Waals surface area contributed by atoms with Crippen LogP contribution >= 0.6 is 15.9 Å². The Balaban J connectivity index is 1.53. The number of carbonyl (C=O) groups is 1. The number of hydrogen-bond acceptors (Lipinski definition) is 4. The molecule has 0 bridgehead atoms. The van der Waals surface area contributed by atoms with Crippen LogP contribution in [-0.4, -0.2) is 42.1 Å². The van der Waals surface area contributed by atoms with Gasteiger partial charge in [0.1, 0.15) is 0 Å². The van der Waals surface area contributed by atoms with E-state index in [1.807, 2.05) is 17.3 Å². The van der Waals surface area contributed by atoms with E-state index in [1.165, 1.54) is 11.1 Å². The van der Waals surface area contributed by atoms with E-state index in [9.17, 15) is 4.79 Å². The quantitative estimate of drug-likeness (QED) is 0.520. The van der Waals surface area contributed by atoms with E-state index in [0.717, 1.165) is 22.0 Å². The van der Waals surface area contributed by atoms with E-state index in [-0.39, 0.29) is 11.9 Å². The number of H-pyrrole nitrogens is 1. The maximum atomic E-state index is 13.3. The van der Waals surface area contributed by atoms with Gasteiger partial charge in [-0.1, -0.05) is 18.2 Å². The zero-order chi connectivity index (χ0) is 19.3. The Hall–Kier alpha value is -3.00. The van der Waals surface area contributed by atoms with E-state index in [2.05, 4.69) is 61.3 Å². The van der Waals surface area contributed by atoms with E-state index in [4.69, 9.17) is 0 Å². The predicted molar refractivity (Wildman–Crippen MR) is 108 cm³/mol. The van der Waals surface area contributed by atoms with Crippen LogP contribution in [0.5, 0.6) is 0 Å². The maximum Gasteiger partial charge on any atom is 0.274 e. The molecule has 28 heavy (non-hydrogen) atoms. The Morgan fingerprint density at radius 1 is 1.32 bits per heavy atom. The number of nitrogens with one attached hydrogen (secondary N) is 1. The van der Waals surface area contributed by atoms with E-state index in [1.54, 1.807) is 23.0 Å². The van der Waals surface area contributed by atoms with Gasteiger partial charge in [0.05, 0.1) is 16.7 Å². The van der Waals surface area contributed by atoms with Crippen molar-refractivity contribution in [2.24, 2.45) is 0 Å². The summed E-state index contributed by atoms with van der Waals surface area (Å²) < 4.78 is 2.43. The lowest BCUT2D eigenvalue weighted by atomic mass is 9.87. The van der Waals surface area contributed by atoms with Crippen LogP contribution in [0.3, 0.4) is 0 Å². The second-order valence-corrected chi connectivity index (χ2v) is 7.81. The van der Waals surface area contributed by atoms with Crippen molar-refractivity contribution >= 4 is 27.5 Å². The zero-order valence-electron chi connectivity index (χ0n) is 15.1. The number of amides is 1. The number of hydrogen-bond donors (Lipinski definition) is 1. The molecule has 3 aromatic heterocycles. The molecular formula is C20H17BrN6O. The van der Waals surface area contributed by atoms with Gasteiger partial charge in [-0.2, -0.15) is 10.2 Å². The second kappa shape index (κ2) is 6.56. The molecule has 1 aliphatic heterocycles. The van der Waals surface area contributed by atoms with Gasteiger partial charge in [-0.3, -0.25) is 9.89 Å². The summed E-state index contributed by atoms with van der Waals surface area (Å²) in [6, 6.07) is 7.96. The highest BCUT2D eigenvalue weighted by molar-refractivity contribution is 9.10. The van der Waals surface area contributed by atoms with Crippen LogP contribution in [0.4, 0.5) is 0 Å². The first-order valence-electron chi connectivity index (χ1n) is 9.04. The normalized spacial score (nSPS) is 16.4. The lowest BCUT2D eigenvalue weighted by Crippen LogP contribution is -2.39. The minimum Gasteiger partial charge on any atom is -0.330 e. The largest absolute Gasteiger partial charge is 0.330 e. The van der Waals surface area contributed by atoms with Crippen LogP contribution in [0.25, 0.3) is 16.8 Å². The molecule has 4 heterocycles. The molecular weight excluding hydrogens is 420 g/mol. The van der Waals surface area contributed by atoms with E-state index in [0.29, 0.717) is 17.9 Å². The molecule has 5 rings (SSSR count). The van der Waals surface area contributed by atoms with Crippen molar-refractivity contribution in [1.29, 1.82) is 0 Å². The highest BCUT2D eigenvalue weighted by Gasteiger charge is 2.31. The van der Waals surface area contributed by atoms with Crippen LogP contribution in [0.1, 0.15) is 34.6 Å². The fourth-order valence-electron chi connectivity index (χ4n) is 3.95. The van der Waals surface area contributed by atoms with Crippen LogP contribution < -0.4 is 0 Å². The number of aromatic nitrogens is 5. The molecule has 0 radical (unpaired) electrons. The third kappa shape index (κ3) is 2.72. The molecule has 0 aliphatic carbocycles. The summed E-state index contributed by atoms with van der Waals surface area (Å²) in [7, 11) is 0. The van der Waals surface area contributed by atoms with Crippen molar-refractivity contribution in [3.05, 3.63) is 70.3 Å². The van der Waals surface area contributed by atoms with Gasteiger partial charge in [-0.15, -0.1) is 0 Å². The van der Waals surface area contributed by atoms with Gasteiger partial charge in [0.25, 0.3) is 5.91 Å². The topological polar surface area (TPSA) is 79.2 Å². The third-order valence-electron chi connectivity index (χ3n) is 5.27. The first-order chi connectivity index (χ1) is 13.6. The van der Waals surface area contributed by atoms with Gasteiger partial charge >= 0.3 is 0 Å². The maximum absolute atomic E-state index is 13.3. The smallest absolute Gasteiger partial charge is 0.274 e. The van der Waals surface area contributed by atoms with Gasteiger partial charge in [-0.05, 0) is 46.0 Å². The van der Waals surface area contributed by atoms with Gasteiger partial charge in [0.15, 0.2) is 11.3 Å². The molecule has 4 aromatic rings.